The van der Waals surface area contributed by atoms with Gasteiger partial charge in [-0.05, 0) is 18.2 Å². The van der Waals surface area contributed by atoms with Gasteiger partial charge in [0.05, 0.1) is 11.4 Å². The van der Waals surface area contributed by atoms with E-state index in [1.807, 2.05) is 49.3 Å². The van der Waals surface area contributed by atoms with Crippen molar-refractivity contribution in [2.75, 3.05) is 5.73 Å². The minimum atomic E-state index is 0.232. The highest BCUT2D eigenvalue weighted by molar-refractivity contribution is 5.78. The molecule has 0 amide bonds. The van der Waals surface area contributed by atoms with Crippen LogP contribution in [0.4, 0.5) is 5.82 Å². The summed E-state index contributed by atoms with van der Waals surface area (Å²) in [6.45, 7) is 0. The third kappa shape index (κ3) is 2.15. The quantitative estimate of drug-likeness (QED) is 0.776. The van der Waals surface area contributed by atoms with Crippen LogP contribution in [0.1, 0.15) is 5.56 Å². The molecule has 0 unspecified atom stereocenters. The largest absolute Gasteiger partial charge is 0.383 e. The van der Waals surface area contributed by atoms with Gasteiger partial charge in [-0.15, -0.1) is 0 Å². The predicted octanol–water partition coefficient (Wildman–Crippen LogP) is 1.94. The Hall–Kier alpha value is -3.07. The van der Waals surface area contributed by atoms with E-state index in [-0.39, 0.29) is 5.82 Å². The molecule has 0 aliphatic carbocycles. The van der Waals surface area contributed by atoms with Gasteiger partial charge in [-0.25, -0.2) is 4.98 Å². The van der Waals surface area contributed by atoms with Crippen LogP contribution in [-0.2, 0) is 14.1 Å². The fourth-order valence-electron chi connectivity index (χ4n) is 2.33. The lowest BCUT2D eigenvalue weighted by atomic mass is 10.0. The van der Waals surface area contributed by atoms with Crippen LogP contribution in [0.25, 0.3) is 22.5 Å². The molecule has 6 heteroatoms. The number of aromatic nitrogens is 4. The normalized spacial score (nSPS) is 10.5. The summed E-state index contributed by atoms with van der Waals surface area (Å²) in [5.41, 5.74) is 9.60. The topological polar surface area (TPSA) is 85.5 Å². The van der Waals surface area contributed by atoms with E-state index in [0.717, 1.165) is 22.5 Å². The van der Waals surface area contributed by atoms with E-state index in [1.54, 1.807) is 10.9 Å². The first-order valence-corrected chi connectivity index (χ1v) is 6.41. The summed E-state index contributed by atoms with van der Waals surface area (Å²) in [5, 5.41) is 13.5. The number of pyridine rings is 1. The fraction of sp³-hybridized carbons (Fsp3) is 0.133. The second-order valence-electron chi connectivity index (χ2n) is 4.83. The van der Waals surface area contributed by atoms with Crippen molar-refractivity contribution in [1.29, 1.82) is 5.26 Å². The molecule has 0 aliphatic heterocycles. The Bertz CT molecular complexity index is 849. The summed E-state index contributed by atoms with van der Waals surface area (Å²) in [5.74, 6) is 0.232. The van der Waals surface area contributed by atoms with E-state index < -0.39 is 0 Å². The molecule has 104 valence electrons. The first-order chi connectivity index (χ1) is 10.1. The Morgan fingerprint density at radius 3 is 2.67 bits per heavy atom. The second kappa shape index (κ2) is 4.80. The van der Waals surface area contributed by atoms with E-state index >= 15 is 0 Å². The summed E-state index contributed by atoms with van der Waals surface area (Å²) < 4.78 is 3.65. The number of hydrogen-bond acceptors (Lipinski definition) is 4. The van der Waals surface area contributed by atoms with Gasteiger partial charge in [-0.2, -0.15) is 10.4 Å². The van der Waals surface area contributed by atoms with E-state index in [2.05, 4.69) is 16.2 Å². The minimum absolute atomic E-state index is 0.232. The number of nitrogen functional groups attached to an aromatic ring is 1. The first kappa shape index (κ1) is 12.9. The summed E-state index contributed by atoms with van der Waals surface area (Å²) in [7, 11) is 3.77. The number of aryl methyl sites for hydroxylation is 2. The molecule has 3 heterocycles. The molecule has 0 spiro atoms. The summed E-state index contributed by atoms with van der Waals surface area (Å²) in [6.07, 6.45) is 5.59. The summed E-state index contributed by atoms with van der Waals surface area (Å²) in [4.78, 5) is 4.34. The van der Waals surface area contributed by atoms with Gasteiger partial charge in [-0.1, -0.05) is 0 Å². The van der Waals surface area contributed by atoms with Crippen LogP contribution >= 0.6 is 0 Å². The molecule has 0 aromatic carbocycles. The molecule has 0 aliphatic rings. The van der Waals surface area contributed by atoms with Crippen LogP contribution in [0.3, 0.4) is 0 Å². The van der Waals surface area contributed by atoms with Gasteiger partial charge < -0.3 is 10.3 Å². The van der Waals surface area contributed by atoms with Crippen LogP contribution in [0, 0.1) is 11.3 Å². The molecule has 6 nitrogen and oxygen atoms in total. The van der Waals surface area contributed by atoms with Crippen molar-refractivity contribution in [3.63, 3.8) is 0 Å². The average Bonchev–Trinajstić information content (AvgIpc) is 3.06. The number of nitrogens with two attached hydrogens (primary N) is 1. The SMILES string of the molecule is Cn1ccc(-c2cc(-c3ccnn3C)c(C#N)c(N)n2)c1. The van der Waals surface area contributed by atoms with Gasteiger partial charge >= 0.3 is 0 Å². The predicted molar refractivity (Wildman–Crippen MR) is 80.0 cm³/mol. The van der Waals surface area contributed by atoms with E-state index in [0.29, 0.717) is 5.56 Å². The lowest BCUT2D eigenvalue weighted by molar-refractivity contribution is 0.775. The Morgan fingerprint density at radius 2 is 2.10 bits per heavy atom. The van der Waals surface area contributed by atoms with Crippen LogP contribution in [-0.4, -0.2) is 19.3 Å². The Kier molecular flexibility index (Phi) is 2.95. The molecule has 0 radical (unpaired) electrons. The Morgan fingerprint density at radius 1 is 1.29 bits per heavy atom. The molecule has 0 bridgehead atoms. The number of rotatable bonds is 2. The van der Waals surface area contributed by atoms with Crippen molar-refractivity contribution in [2.45, 2.75) is 0 Å². The molecule has 0 saturated heterocycles. The smallest absolute Gasteiger partial charge is 0.142 e. The highest BCUT2D eigenvalue weighted by atomic mass is 15.3. The maximum Gasteiger partial charge on any atom is 0.142 e. The zero-order valence-corrected chi connectivity index (χ0v) is 11.8. The van der Waals surface area contributed by atoms with Crippen LogP contribution in [0.2, 0.25) is 0 Å². The average molecular weight is 278 g/mol. The number of nitrogens with zero attached hydrogens (tertiary/aromatic N) is 5. The monoisotopic (exact) mass is 278 g/mol. The lowest BCUT2D eigenvalue weighted by Gasteiger charge is -2.09. The summed E-state index contributed by atoms with van der Waals surface area (Å²) >= 11 is 0. The molecular weight excluding hydrogens is 264 g/mol. The Labute approximate surface area is 122 Å². The molecule has 0 atom stereocenters. The van der Waals surface area contributed by atoms with Gasteiger partial charge in [0.2, 0.25) is 0 Å². The van der Waals surface area contributed by atoms with Gasteiger partial charge in [0.15, 0.2) is 0 Å². The molecular formula is C15H14N6. The number of hydrogen-bond donors (Lipinski definition) is 1. The molecule has 0 fully saturated rings. The zero-order valence-electron chi connectivity index (χ0n) is 11.8. The van der Waals surface area contributed by atoms with Crippen molar-refractivity contribution in [3.05, 3.63) is 42.4 Å². The highest BCUT2D eigenvalue weighted by Crippen LogP contribution is 2.30. The first-order valence-electron chi connectivity index (χ1n) is 6.41. The maximum atomic E-state index is 9.35. The van der Waals surface area contributed by atoms with Crippen molar-refractivity contribution in [1.82, 2.24) is 19.3 Å². The number of nitriles is 1. The van der Waals surface area contributed by atoms with Gasteiger partial charge in [-0.3, -0.25) is 4.68 Å². The molecule has 0 saturated carbocycles. The van der Waals surface area contributed by atoms with Crippen molar-refractivity contribution < 1.29 is 0 Å². The van der Waals surface area contributed by atoms with Crippen molar-refractivity contribution in [3.8, 4) is 28.6 Å². The number of anilines is 1. The lowest BCUT2D eigenvalue weighted by Crippen LogP contribution is -2.02. The zero-order chi connectivity index (χ0) is 15.0. The molecule has 3 aromatic rings. The van der Waals surface area contributed by atoms with E-state index in [1.165, 1.54) is 0 Å². The van der Waals surface area contributed by atoms with Crippen molar-refractivity contribution in [2.24, 2.45) is 14.1 Å². The van der Waals surface area contributed by atoms with E-state index in [4.69, 9.17) is 5.73 Å². The second-order valence-corrected chi connectivity index (χ2v) is 4.83. The standard InChI is InChI=1S/C15H14N6/c1-20-6-4-10(9-20)13-7-11(12(8-16)15(17)19-13)14-3-5-18-21(14)2/h3-7,9H,1-2H3,(H2,17,19). The van der Waals surface area contributed by atoms with Crippen LogP contribution in [0.15, 0.2) is 36.8 Å². The van der Waals surface area contributed by atoms with Gasteiger partial charge in [0, 0.05) is 43.8 Å². The van der Waals surface area contributed by atoms with Crippen molar-refractivity contribution >= 4 is 5.82 Å². The summed E-state index contributed by atoms with van der Waals surface area (Å²) in [6, 6.07) is 7.82. The maximum absolute atomic E-state index is 9.35. The molecule has 3 rings (SSSR count). The van der Waals surface area contributed by atoms with Crippen LogP contribution < -0.4 is 5.73 Å². The highest BCUT2D eigenvalue weighted by Gasteiger charge is 2.15. The third-order valence-corrected chi connectivity index (χ3v) is 3.38. The third-order valence-electron chi connectivity index (χ3n) is 3.38. The van der Waals surface area contributed by atoms with Gasteiger partial charge in [0.25, 0.3) is 0 Å². The molecule has 2 N–H and O–H groups in total. The fourth-order valence-corrected chi connectivity index (χ4v) is 2.33. The van der Waals surface area contributed by atoms with E-state index in [9.17, 15) is 5.26 Å². The van der Waals surface area contributed by atoms with Crippen LogP contribution in [0.5, 0.6) is 0 Å². The van der Waals surface area contributed by atoms with Gasteiger partial charge in [0.1, 0.15) is 17.5 Å². The molecule has 3 aromatic heterocycles. The molecule has 21 heavy (non-hydrogen) atoms. The Balaban J connectivity index is 2.25. The minimum Gasteiger partial charge on any atom is -0.383 e.